The third-order valence-corrected chi connectivity index (χ3v) is 11.7. The third kappa shape index (κ3) is 16.1. The van der Waals surface area contributed by atoms with E-state index in [4.69, 9.17) is 38.9 Å². The van der Waals surface area contributed by atoms with Crippen LogP contribution in [0.5, 0.6) is 5.75 Å². The van der Waals surface area contributed by atoms with Crippen molar-refractivity contribution in [2.45, 2.75) is 90.7 Å². The third-order valence-electron chi connectivity index (χ3n) is 11.7. The van der Waals surface area contributed by atoms with E-state index in [1.54, 1.807) is 11.8 Å². The first-order chi connectivity index (χ1) is 31.9. The smallest absolute Gasteiger partial charge is 0.410 e. The van der Waals surface area contributed by atoms with E-state index in [-0.39, 0.29) is 31.5 Å². The second kappa shape index (κ2) is 26.9. The number of ether oxygens (including phenoxy) is 7. The SMILES string of the molecule is C[C@@H](C(=O)N[C@H](C(=O)N1Cc2cc(OCCOCCOCCOCCOCCOCCN)ccc2C[C@H]1C(=O)N[C@@H]1CCCc2ccccc21)C(C)(C)C)N(C)C(=O)OCc1ccccc1. The molecule has 362 valence electrons. The first kappa shape index (κ1) is 51.9. The van der Waals surface area contributed by atoms with Gasteiger partial charge >= 0.3 is 6.09 Å². The van der Waals surface area contributed by atoms with E-state index in [2.05, 4.69) is 22.8 Å². The molecule has 1 aliphatic heterocycles. The minimum atomic E-state index is -1.04. The predicted octanol–water partition coefficient (Wildman–Crippen LogP) is 4.74. The molecule has 0 bridgehead atoms. The van der Waals surface area contributed by atoms with Gasteiger partial charge in [0, 0.05) is 26.6 Å². The Bertz CT molecular complexity index is 1980. The standard InChI is InChI=1S/C50H71N5O11/c1-36(54(5)49(59)66-35-37-12-7-6-8-13-37)46(56)53-45(50(2,3)4)48(58)55-34-40-32-41(65-31-30-64-29-28-63-27-26-62-25-24-61-23-22-60-21-20-51)19-18-39(40)33-44(55)47(57)52-43-17-11-15-38-14-9-10-16-42(38)43/h6-10,12-14,16,18-19,32,36,43-45H,11,15,17,20-31,33-35,51H2,1-5H3,(H,52,57)(H,53,56)/t36-,43+,44-,45+/m0/s1. The minimum absolute atomic E-state index is 0.0485. The molecular formula is C50H71N5O11. The lowest BCUT2D eigenvalue weighted by Gasteiger charge is -2.42. The summed E-state index contributed by atoms with van der Waals surface area (Å²) in [6.45, 7) is 12.7. The first-order valence-electron chi connectivity index (χ1n) is 23.1. The van der Waals surface area contributed by atoms with Crippen molar-refractivity contribution in [3.63, 3.8) is 0 Å². The maximum absolute atomic E-state index is 15.0. The maximum atomic E-state index is 15.0. The number of nitrogens with two attached hydrogens (primary N) is 1. The van der Waals surface area contributed by atoms with Gasteiger partial charge in [0.25, 0.3) is 0 Å². The van der Waals surface area contributed by atoms with Crippen LogP contribution in [-0.2, 0) is 68.8 Å². The molecule has 0 radical (unpaired) electrons. The van der Waals surface area contributed by atoms with E-state index in [0.717, 1.165) is 41.5 Å². The van der Waals surface area contributed by atoms with Crippen LogP contribution < -0.4 is 21.1 Å². The Morgan fingerprint density at radius 1 is 0.773 bits per heavy atom. The molecule has 16 heteroatoms. The van der Waals surface area contributed by atoms with Crippen molar-refractivity contribution in [3.8, 4) is 5.75 Å². The molecule has 0 fully saturated rings. The van der Waals surface area contributed by atoms with Gasteiger partial charge in [-0.1, -0.05) is 81.4 Å². The number of benzene rings is 3. The van der Waals surface area contributed by atoms with Gasteiger partial charge in [0.1, 0.15) is 37.1 Å². The number of rotatable bonds is 26. The number of fused-ring (bicyclic) bond motifs is 2. The molecule has 4 N–H and O–H groups in total. The Morgan fingerprint density at radius 2 is 1.38 bits per heavy atom. The number of nitrogens with zero attached hydrogens (tertiary/aromatic N) is 2. The van der Waals surface area contributed by atoms with E-state index >= 15 is 0 Å². The van der Waals surface area contributed by atoms with Crippen LogP contribution in [0.25, 0.3) is 0 Å². The van der Waals surface area contributed by atoms with E-state index < -0.39 is 41.4 Å². The molecule has 0 saturated carbocycles. The van der Waals surface area contributed by atoms with Gasteiger partial charge in [-0.3, -0.25) is 19.3 Å². The molecule has 3 aromatic rings. The van der Waals surface area contributed by atoms with Crippen LogP contribution in [0.2, 0.25) is 0 Å². The Labute approximate surface area is 390 Å². The Kier molecular flexibility index (Phi) is 21.1. The number of carbonyl (C=O) groups excluding carboxylic acids is 4. The van der Waals surface area contributed by atoms with Crippen molar-refractivity contribution in [1.82, 2.24) is 20.4 Å². The van der Waals surface area contributed by atoms with Crippen LogP contribution in [0, 0.1) is 5.41 Å². The van der Waals surface area contributed by atoms with Gasteiger partial charge in [-0.2, -0.15) is 0 Å². The predicted molar refractivity (Wildman–Crippen MR) is 249 cm³/mol. The van der Waals surface area contributed by atoms with Crippen molar-refractivity contribution < 1.29 is 52.3 Å². The second-order valence-electron chi connectivity index (χ2n) is 17.6. The highest BCUT2D eigenvalue weighted by atomic mass is 16.6. The molecule has 4 amide bonds. The summed E-state index contributed by atoms with van der Waals surface area (Å²) in [4.78, 5) is 59.1. The molecule has 5 rings (SSSR count). The van der Waals surface area contributed by atoms with Gasteiger partial charge in [0.05, 0.1) is 72.1 Å². The lowest BCUT2D eigenvalue weighted by Crippen LogP contribution is -2.62. The quantitative estimate of drug-likeness (QED) is 0.0941. The number of likely N-dealkylation sites (N-methyl/N-ethyl adjacent to an activating group) is 1. The van der Waals surface area contributed by atoms with Crippen LogP contribution in [0.4, 0.5) is 4.79 Å². The lowest BCUT2D eigenvalue weighted by molar-refractivity contribution is -0.147. The van der Waals surface area contributed by atoms with E-state index in [1.165, 1.54) is 17.5 Å². The highest BCUT2D eigenvalue weighted by Gasteiger charge is 2.43. The number of hydrogen-bond acceptors (Lipinski definition) is 12. The minimum Gasteiger partial charge on any atom is -0.491 e. The van der Waals surface area contributed by atoms with Crippen molar-refractivity contribution >= 4 is 23.8 Å². The second-order valence-corrected chi connectivity index (χ2v) is 17.6. The van der Waals surface area contributed by atoms with Crippen molar-refractivity contribution in [2.75, 3.05) is 86.3 Å². The normalized spacial score (nSPS) is 16.6. The van der Waals surface area contributed by atoms with E-state index in [1.807, 2.05) is 81.4 Å². The van der Waals surface area contributed by atoms with Crippen molar-refractivity contribution in [2.24, 2.45) is 11.1 Å². The van der Waals surface area contributed by atoms with Gasteiger partial charge in [-0.05, 0) is 71.6 Å². The van der Waals surface area contributed by atoms with E-state index in [9.17, 15) is 19.2 Å². The van der Waals surface area contributed by atoms with Crippen LogP contribution >= 0.6 is 0 Å². The zero-order valence-electron chi connectivity index (χ0n) is 39.4. The van der Waals surface area contributed by atoms with Crippen molar-refractivity contribution in [1.29, 1.82) is 0 Å². The summed E-state index contributed by atoms with van der Waals surface area (Å²) in [5.74, 6) is -0.598. The van der Waals surface area contributed by atoms with Crippen LogP contribution in [-0.4, -0.2) is 138 Å². The zero-order chi connectivity index (χ0) is 47.3. The monoisotopic (exact) mass is 918 g/mol. The van der Waals surface area contributed by atoms with Gasteiger partial charge in [-0.25, -0.2) is 4.79 Å². The van der Waals surface area contributed by atoms with Gasteiger partial charge in [0.2, 0.25) is 17.7 Å². The molecule has 1 aliphatic carbocycles. The molecule has 16 nitrogen and oxygen atoms in total. The molecule has 66 heavy (non-hydrogen) atoms. The highest BCUT2D eigenvalue weighted by Crippen LogP contribution is 2.33. The Morgan fingerprint density at radius 3 is 2.02 bits per heavy atom. The number of nitrogens with one attached hydrogen (secondary N) is 2. The van der Waals surface area contributed by atoms with E-state index in [0.29, 0.717) is 85.0 Å². The molecular weight excluding hydrogens is 847 g/mol. The molecule has 3 aromatic carbocycles. The fraction of sp³-hybridized carbons (Fsp3) is 0.560. The Balaban J connectivity index is 1.18. The number of aryl methyl sites for hydroxylation is 1. The average molecular weight is 918 g/mol. The molecule has 2 aliphatic rings. The summed E-state index contributed by atoms with van der Waals surface area (Å²) in [7, 11) is 1.49. The average Bonchev–Trinajstić information content (AvgIpc) is 3.32. The summed E-state index contributed by atoms with van der Waals surface area (Å²) in [5.41, 5.74) is 9.48. The fourth-order valence-electron chi connectivity index (χ4n) is 7.80. The summed E-state index contributed by atoms with van der Waals surface area (Å²) < 4.78 is 39.0. The lowest BCUT2D eigenvalue weighted by atomic mass is 9.83. The van der Waals surface area contributed by atoms with Crippen LogP contribution in [0.3, 0.4) is 0 Å². The topological polar surface area (TPSA) is 189 Å². The van der Waals surface area contributed by atoms with Gasteiger partial charge < -0.3 is 54.4 Å². The summed E-state index contributed by atoms with van der Waals surface area (Å²) in [6, 6.07) is 20.1. The number of hydrogen-bond donors (Lipinski definition) is 3. The van der Waals surface area contributed by atoms with Crippen molar-refractivity contribution in [3.05, 3.63) is 101 Å². The molecule has 0 saturated heterocycles. The molecule has 0 spiro atoms. The fourth-order valence-corrected chi connectivity index (χ4v) is 7.80. The molecule has 0 unspecified atom stereocenters. The summed E-state index contributed by atoms with van der Waals surface area (Å²) >= 11 is 0. The summed E-state index contributed by atoms with van der Waals surface area (Å²) in [5, 5.41) is 6.24. The maximum Gasteiger partial charge on any atom is 0.410 e. The summed E-state index contributed by atoms with van der Waals surface area (Å²) in [6.07, 6.45) is 2.26. The molecule has 4 atom stereocenters. The largest absolute Gasteiger partial charge is 0.491 e. The highest BCUT2D eigenvalue weighted by molar-refractivity contribution is 5.94. The number of amides is 4. The van der Waals surface area contributed by atoms with Crippen LogP contribution in [0.1, 0.15) is 74.4 Å². The molecule has 0 aromatic heterocycles. The van der Waals surface area contributed by atoms with Gasteiger partial charge in [-0.15, -0.1) is 0 Å². The Hall–Kier alpha value is -5.10. The first-order valence-corrected chi connectivity index (χ1v) is 23.1. The molecule has 1 heterocycles. The number of carbonyl (C=O) groups is 4. The zero-order valence-corrected chi connectivity index (χ0v) is 39.4. The van der Waals surface area contributed by atoms with Crippen LogP contribution in [0.15, 0.2) is 72.8 Å². The van der Waals surface area contributed by atoms with Gasteiger partial charge in [0.15, 0.2) is 0 Å².